The monoisotopic (exact) mass is 339 g/mol. The van der Waals surface area contributed by atoms with Crippen LogP contribution in [0, 0.1) is 0 Å². The van der Waals surface area contributed by atoms with Gasteiger partial charge < -0.3 is 14.2 Å². The molecule has 1 saturated heterocycles. The van der Waals surface area contributed by atoms with Gasteiger partial charge in [0.2, 0.25) is 0 Å². The van der Waals surface area contributed by atoms with Gasteiger partial charge in [-0.05, 0) is 37.8 Å². The second-order valence-electron chi connectivity index (χ2n) is 6.88. The molecule has 0 aliphatic carbocycles. The van der Waals surface area contributed by atoms with Gasteiger partial charge in [0.05, 0.1) is 29.5 Å². The van der Waals surface area contributed by atoms with Gasteiger partial charge in [0, 0.05) is 25.6 Å². The van der Waals surface area contributed by atoms with Crippen molar-refractivity contribution in [1.29, 1.82) is 0 Å². The van der Waals surface area contributed by atoms with Gasteiger partial charge >= 0.3 is 0 Å². The van der Waals surface area contributed by atoms with E-state index in [0.717, 1.165) is 68.7 Å². The molecule has 25 heavy (non-hydrogen) atoms. The van der Waals surface area contributed by atoms with E-state index in [2.05, 4.69) is 29.7 Å². The van der Waals surface area contributed by atoms with Gasteiger partial charge in [0.15, 0.2) is 0 Å². The molecule has 0 atom stereocenters. The van der Waals surface area contributed by atoms with E-state index in [1.165, 1.54) is 5.52 Å². The molecule has 4 rings (SSSR count). The summed E-state index contributed by atoms with van der Waals surface area (Å²) in [5.74, 6) is 1.30. The third-order valence-electron chi connectivity index (χ3n) is 5.31. The Morgan fingerprint density at radius 1 is 1.28 bits per heavy atom. The van der Waals surface area contributed by atoms with Crippen LogP contribution in [0.25, 0.3) is 11.0 Å². The van der Waals surface area contributed by atoms with E-state index in [1.807, 2.05) is 11.0 Å². The van der Waals surface area contributed by atoms with Gasteiger partial charge in [-0.15, -0.1) is 0 Å². The number of benzene rings is 1. The molecule has 3 heterocycles. The number of aromatic nitrogens is 2. The number of imidazole rings is 1. The van der Waals surface area contributed by atoms with Crippen molar-refractivity contribution in [3.05, 3.63) is 41.9 Å². The smallest absolute Gasteiger partial charge is 0.252 e. The van der Waals surface area contributed by atoms with E-state index in [4.69, 9.17) is 9.72 Å². The Morgan fingerprint density at radius 2 is 2.08 bits per heavy atom. The predicted molar refractivity (Wildman–Crippen MR) is 97.2 cm³/mol. The predicted octanol–water partition coefficient (Wildman–Crippen LogP) is 3.46. The second-order valence-corrected chi connectivity index (χ2v) is 6.88. The largest absolute Gasteiger partial charge is 0.501 e. The van der Waals surface area contributed by atoms with E-state index in [9.17, 15) is 4.79 Å². The van der Waals surface area contributed by atoms with E-state index in [1.54, 1.807) is 6.26 Å². The molecule has 2 aliphatic heterocycles. The fourth-order valence-electron chi connectivity index (χ4n) is 4.00. The Hall–Kier alpha value is -2.30. The van der Waals surface area contributed by atoms with Crippen LogP contribution in [0.5, 0.6) is 0 Å². The summed E-state index contributed by atoms with van der Waals surface area (Å²) in [4.78, 5) is 19.4. The number of hydrogen-bond donors (Lipinski definition) is 0. The standard InChI is InChI=1S/C20H25N3O2/c1-2-19-21-17-7-3-4-8-18(17)23(19)16-9-11-22(12-10-16)20(24)15-6-5-13-25-14-15/h3-4,7-8,14,16H,2,5-6,9-13H2,1H3. The maximum Gasteiger partial charge on any atom is 0.252 e. The van der Waals surface area contributed by atoms with Crippen molar-refractivity contribution in [2.75, 3.05) is 19.7 Å². The van der Waals surface area contributed by atoms with Gasteiger partial charge in [-0.2, -0.15) is 0 Å². The van der Waals surface area contributed by atoms with Gasteiger partial charge in [0.1, 0.15) is 5.82 Å². The molecular formula is C20H25N3O2. The highest BCUT2D eigenvalue weighted by Gasteiger charge is 2.28. The van der Waals surface area contributed by atoms with Crippen LogP contribution in [0.1, 0.15) is 44.5 Å². The molecule has 0 saturated carbocycles. The molecule has 132 valence electrons. The topological polar surface area (TPSA) is 47.4 Å². The first-order chi connectivity index (χ1) is 12.3. The molecule has 1 amide bonds. The first-order valence-electron chi connectivity index (χ1n) is 9.33. The van der Waals surface area contributed by atoms with Crippen molar-refractivity contribution < 1.29 is 9.53 Å². The van der Waals surface area contributed by atoms with Crippen LogP contribution in [0.2, 0.25) is 0 Å². The van der Waals surface area contributed by atoms with Crippen molar-refractivity contribution >= 4 is 16.9 Å². The maximum absolute atomic E-state index is 12.6. The molecule has 2 aromatic rings. The summed E-state index contributed by atoms with van der Waals surface area (Å²) in [6, 6.07) is 8.78. The lowest BCUT2D eigenvalue weighted by atomic mass is 10.0. The Labute approximate surface area is 148 Å². The summed E-state index contributed by atoms with van der Waals surface area (Å²) < 4.78 is 7.73. The zero-order chi connectivity index (χ0) is 17.2. The van der Waals surface area contributed by atoms with E-state index in [0.29, 0.717) is 6.04 Å². The molecule has 5 nitrogen and oxygen atoms in total. The zero-order valence-electron chi connectivity index (χ0n) is 14.8. The average Bonchev–Trinajstić information content (AvgIpc) is 3.07. The molecule has 2 aliphatic rings. The minimum Gasteiger partial charge on any atom is -0.501 e. The summed E-state index contributed by atoms with van der Waals surface area (Å²) in [7, 11) is 0. The molecule has 0 bridgehead atoms. The number of para-hydroxylation sites is 2. The van der Waals surface area contributed by atoms with Crippen LogP contribution in [0.3, 0.4) is 0 Å². The van der Waals surface area contributed by atoms with Gasteiger partial charge in [-0.1, -0.05) is 19.1 Å². The molecule has 1 fully saturated rings. The van der Waals surface area contributed by atoms with Crippen molar-refractivity contribution in [2.24, 2.45) is 0 Å². The van der Waals surface area contributed by atoms with Crippen molar-refractivity contribution in [1.82, 2.24) is 14.5 Å². The van der Waals surface area contributed by atoms with Crippen LogP contribution in [0.15, 0.2) is 36.1 Å². The fourth-order valence-corrected chi connectivity index (χ4v) is 4.00. The number of carbonyl (C=O) groups is 1. The summed E-state index contributed by atoms with van der Waals surface area (Å²) in [6.07, 6.45) is 6.33. The highest BCUT2D eigenvalue weighted by Crippen LogP contribution is 2.30. The molecule has 0 spiro atoms. The molecular weight excluding hydrogens is 314 g/mol. The van der Waals surface area contributed by atoms with E-state index < -0.39 is 0 Å². The van der Waals surface area contributed by atoms with Crippen LogP contribution < -0.4 is 0 Å². The summed E-state index contributed by atoms with van der Waals surface area (Å²) in [5.41, 5.74) is 3.11. The number of aryl methyl sites for hydroxylation is 1. The van der Waals surface area contributed by atoms with Crippen molar-refractivity contribution in [3.63, 3.8) is 0 Å². The molecule has 5 heteroatoms. The highest BCUT2D eigenvalue weighted by atomic mass is 16.5. The third-order valence-corrected chi connectivity index (χ3v) is 5.31. The number of carbonyl (C=O) groups excluding carboxylic acids is 1. The van der Waals surface area contributed by atoms with Crippen LogP contribution in [-0.4, -0.2) is 40.1 Å². The summed E-state index contributed by atoms with van der Waals surface area (Å²) in [5, 5.41) is 0. The summed E-state index contributed by atoms with van der Waals surface area (Å²) in [6.45, 7) is 4.49. The van der Waals surface area contributed by atoms with Gasteiger partial charge in [0.25, 0.3) is 5.91 Å². The summed E-state index contributed by atoms with van der Waals surface area (Å²) >= 11 is 0. The number of rotatable bonds is 3. The van der Waals surface area contributed by atoms with Crippen molar-refractivity contribution in [2.45, 2.75) is 45.1 Å². The molecule has 0 unspecified atom stereocenters. The van der Waals surface area contributed by atoms with Gasteiger partial charge in [-0.25, -0.2) is 4.98 Å². The zero-order valence-corrected chi connectivity index (χ0v) is 14.8. The SMILES string of the molecule is CCc1nc2ccccc2n1C1CCN(C(=O)C2=COCCC2)CC1. The second kappa shape index (κ2) is 6.90. The number of likely N-dealkylation sites (tertiary alicyclic amines) is 1. The quantitative estimate of drug-likeness (QED) is 0.860. The van der Waals surface area contributed by atoms with Gasteiger partial charge in [-0.3, -0.25) is 4.79 Å². The lowest BCUT2D eigenvalue weighted by molar-refractivity contribution is -0.128. The normalized spacial score (nSPS) is 18.9. The minimum atomic E-state index is 0.157. The van der Waals surface area contributed by atoms with Crippen LogP contribution in [-0.2, 0) is 16.0 Å². The highest BCUT2D eigenvalue weighted by molar-refractivity contribution is 5.93. The van der Waals surface area contributed by atoms with Crippen LogP contribution >= 0.6 is 0 Å². The molecule has 1 aromatic carbocycles. The Morgan fingerprint density at radius 3 is 2.80 bits per heavy atom. The lowest BCUT2D eigenvalue weighted by Gasteiger charge is -2.34. The number of nitrogens with zero attached hydrogens (tertiary/aromatic N) is 3. The lowest BCUT2D eigenvalue weighted by Crippen LogP contribution is -2.40. The minimum absolute atomic E-state index is 0.157. The Kier molecular flexibility index (Phi) is 4.47. The van der Waals surface area contributed by atoms with Crippen LogP contribution in [0.4, 0.5) is 0 Å². The number of piperidine rings is 1. The number of ether oxygens (including phenoxy) is 1. The van der Waals surface area contributed by atoms with E-state index >= 15 is 0 Å². The first kappa shape index (κ1) is 16.2. The number of fused-ring (bicyclic) bond motifs is 1. The van der Waals surface area contributed by atoms with Crippen molar-refractivity contribution in [3.8, 4) is 0 Å². The Balaban J connectivity index is 1.51. The van der Waals surface area contributed by atoms with E-state index in [-0.39, 0.29) is 5.91 Å². The number of amides is 1. The molecule has 0 radical (unpaired) electrons. The molecule has 1 aromatic heterocycles. The third kappa shape index (κ3) is 3.03. The number of hydrogen-bond acceptors (Lipinski definition) is 3. The average molecular weight is 339 g/mol. The molecule has 0 N–H and O–H groups in total. The maximum atomic E-state index is 12.6. The fraction of sp³-hybridized carbons (Fsp3) is 0.500. The first-order valence-corrected chi connectivity index (χ1v) is 9.33. The Bertz CT molecular complexity index is 800.